The van der Waals surface area contributed by atoms with Crippen LogP contribution in [0.25, 0.3) is 11.1 Å². The van der Waals surface area contributed by atoms with E-state index in [1.165, 1.54) is 6.08 Å². The Balaban J connectivity index is 0.00000261. The van der Waals surface area contributed by atoms with Gasteiger partial charge in [0.1, 0.15) is 5.75 Å². The second-order valence-electron chi connectivity index (χ2n) is 6.42. The number of halogens is 4. The van der Waals surface area contributed by atoms with Crippen LogP contribution in [0.15, 0.2) is 60.2 Å². The van der Waals surface area contributed by atoms with Crippen molar-refractivity contribution in [1.29, 1.82) is 0 Å². The predicted octanol–water partition coefficient (Wildman–Crippen LogP) is 5.52. The van der Waals surface area contributed by atoms with Gasteiger partial charge >= 0.3 is 6.18 Å². The number of ether oxygens (including phenoxy) is 1. The van der Waals surface area contributed by atoms with E-state index in [2.05, 4.69) is 18.2 Å². The Kier molecular flexibility index (Phi) is 7.33. The number of benzene rings is 2. The van der Waals surface area contributed by atoms with E-state index in [4.69, 9.17) is 4.74 Å². The molecule has 0 aliphatic carbocycles. The van der Waals surface area contributed by atoms with Crippen molar-refractivity contribution in [2.75, 3.05) is 26.7 Å². The molecule has 1 aliphatic heterocycles. The van der Waals surface area contributed by atoms with Gasteiger partial charge in [-0.2, -0.15) is 13.2 Å². The summed E-state index contributed by atoms with van der Waals surface area (Å²) in [5.74, 6) is 0.813. The van der Waals surface area contributed by atoms with Crippen LogP contribution in [0.5, 0.6) is 5.75 Å². The van der Waals surface area contributed by atoms with Gasteiger partial charge in [-0.1, -0.05) is 42.5 Å². The van der Waals surface area contributed by atoms with Crippen LogP contribution >= 0.6 is 12.4 Å². The summed E-state index contributed by atoms with van der Waals surface area (Å²) in [6.45, 7) is 1.48. The lowest BCUT2D eigenvalue weighted by Crippen LogP contribution is -2.33. The van der Waals surface area contributed by atoms with E-state index in [1.807, 2.05) is 35.2 Å². The van der Waals surface area contributed by atoms with Gasteiger partial charge in [0.25, 0.3) is 0 Å². The van der Waals surface area contributed by atoms with Crippen LogP contribution in [0.3, 0.4) is 0 Å². The third-order valence-electron chi connectivity index (χ3n) is 4.74. The van der Waals surface area contributed by atoms with Crippen molar-refractivity contribution in [3.05, 3.63) is 65.7 Å². The van der Waals surface area contributed by atoms with Gasteiger partial charge in [-0.25, -0.2) is 0 Å². The molecule has 0 N–H and O–H groups in total. The second kappa shape index (κ2) is 9.29. The molecular formula is C21H23ClF3NO. The van der Waals surface area contributed by atoms with Crippen LogP contribution in [0.4, 0.5) is 13.2 Å². The summed E-state index contributed by atoms with van der Waals surface area (Å²) in [4.78, 5) is 2.05. The summed E-state index contributed by atoms with van der Waals surface area (Å²) in [6, 6.07) is 16.2. The summed E-state index contributed by atoms with van der Waals surface area (Å²) in [6.07, 6.45) is -2.09. The highest BCUT2D eigenvalue weighted by molar-refractivity contribution is 5.85. The van der Waals surface area contributed by atoms with Crippen LogP contribution in [-0.2, 0) is 6.42 Å². The average Bonchev–Trinajstić information content (AvgIpc) is 2.66. The Morgan fingerprint density at radius 2 is 1.78 bits per heavy atom. The van der Waals surface area contributed by atoms with Gasteiger partial charge in [-0.05, 0) is 41.7 Å². The van der Waals surface area contributed by atoms with Gasteiger partial charge in [0.2, 0.25) is 0 Å². The molecule has 0 bridgehead atoms. The lowest BCUT2D eigenvalue weighted by Gasteiger charge is -2.27. The summed E-state index contributed by atoms with van der Waals surface area (Å²) < 4.78 is 43.6. The van der Waals surface area contributed by atoms with Crippen LogP contribution < -0.4 is 4.74 Å². The van der Waals surface area contributed by atoms with Gasteiger partial charge in [0.15, 0.2) is 0 Å². The number of hydrogen-bond donors (Lipinski definition) is 0. The van der Waals surface area contributed by atoms with Crippen molar-refractivity contribution in [2.45, 2.75) is 19.0 Å². The van der Waals surface area contributed by atoms with Crippen molar-refractivity contribution in [1.82, 2.24) is 4.90 Å². The third kappa shape index (κ3) is 5.50. The van der Waals surface area contributed by atoms with Crippen molar-refractivity contribution in [2.24, 2.45) is 0 Å². The van der Waals surface area contributed by atoms with Crippen molar-refractivity contribution in [3.63, 3.8) is 0 Å². The number of nitrogens with zero attached hydrogens (tertiary/aromatic N) is 1. The molecule has 0 unspecified atom stereocenters. The Labute approximate surface area is 164 Å². The summed E-state index contributed by atoms with van der Waals surface area (Å²) >= 11 is 0. The molecule has 2 aromatic rings. The first kappa shape index (κ1) is 21.3. The number of methoxy groups -OCH3 is 1. The quantitative estimate of drug-likeness (QED) is 0.616. The molecule has 0 spiro atoms. The molecule has 1 heterocycles. The molecule has 0 saturated heterocycles. The minimum Gasteiger partial charge on any atom is -0.496 e. The van der Waals surface area contributed by atoms with Gasteiger partial charge in [-0.3, -0.25) is 4.90 Å². The zero-order chi connectivity index (χ0) is 18.6. The molecule has 0 saturated carbocycles. The maximum absolute atomic E-state index is 12.7. The van der Waals surface area contributed by atoms with Crippen LogP contribution in [-0.4, -0.2) is 37.8 Å². The largest absolute Gasteiger partial charge is 0.496 e. The number of hydrogen-bond acceptors (Lipinski definition) is 2. The van der Waals surface area contributed by atoms with E-state index in [1.54, 1.807) is 7.11 Å². The van der Waals surface area contributed by atoms with E-state index in [0.29, 0.717) is 19.6 Å². The zero-order valence-corrected chi connectivity index (χ0v) is 15.9. The molecule has 0 aromatic heterocycles. The normalized spacial score (nSPS) is 15.0. The van der Waals surface area contributed by atoms with E-state index < -0.39 is 11.7 Å². The first-order chi connectivity index (χ1) is 12.5. The third-order valence-corrected chi connectivity index (χ3v) is 4.74. The highest BCUT2D eigenvalue weighted by atomic mass is 35.5. The zero-order valence-electron chi connectivity index (χ0n) is 15.1. The Bertz CT molecular complexity index is 775. The first-order valence-electron chi connectivity index (χ1n) is 8.68. The predicted molar refractivity (Wildman–Crippen MR) is 105 cm³/mol. The molecule has 0 radical (unpaired) electrons. The summed E-state index contributed by atoms with van der Waals surface area (Å²) in [5, 5.41) is 0. The average molecular weight is 398 g/mol. The standard InChI is InChI=1S/C21H22F3NO.ClH/c1-26-20-8-7-17(16-5-3-2-4-6-16)15-18(20)9-12-25-13-10-19(11-14-25)21(22,23)24;/h2-8,10,15H,9,11-14H2,1H3;1H. The van der Waals surface area contributed by atoms with E-state index in [9.17, 15) is 13.2 Å². The lowest BCUT2D eigenvalue weighted by molar-refractivity contribution is -0.0959. The molecule has 0 fully saturated rings. The van der Waals surface area contributed by atoms with E-state index in [-0.39, 0.29) is 18.8 Å². The van der Waals surface area contributed by atoms with Gasteiger partial charge < -0.3 is 4.74 Å². The molecule has 0 amide bonds. The molecular weight excluding hydrogens is 375 g/mol. The van der Waals surface area contributed by atoms with Gasteiger partial charge in [0, 0.05) is 25.2 Å². The minimum absolute atomic E-state index is 0. The summed E-state index contributed by atoms with van der Waals surface area (Å²) in [7, 11) is 1.64. The van der Waals surface area contributed by atoms with E-state index >= 15 is 0 Å². The Hall–Kier alpha value is -1.98. The smallest absolute Gasteiger partial charge is 0.412 e. The number of rotatable bonds is 5. The van der Waals surface area contributed by atoms with Crippen molar-refractivity contribution >= 4 is 12.4 Å². The molecule has 146 valence electrons. The van der Waals surface area contributed by atoms with Crippen LogP contribution in [0, 0.1) is 0 Å². The van der Waals surface area contributed by atoms with Crippen LogP contribution in [0.2, 0.25) is 0 Å². The monoisotopic (exact) mass is 397 g/mol. The fourth-order valence-electron chi connectivity index (χ4n) is 3.23. The second-order valence-corrected chi connectivity index (χ2v) is 6.42. The molecule has 6 heteroatoms. The fourth-order valence-corrected chi connectivity index (χ4v) is 3.23. The molecule has 2 aromatic carbocycles. The van der Waals surface area contributed by atoms with Crippen LogP contribution in [0.1, 0.15) is 12.0 Å². The van der Waals surface area contributed by atoms with Crippen molar-refractivity contribution < 1.29 is 17.9 Å². The van der Waals surface area contributed by atoms with E-state index in [0.717, 1.165) is 28.9 Å². The maximum Gasteiger partial charge on any atom is 0.412 e. The highest BCUT2D eigenvalue weighted by Gasteiger charge is 2.34. The first-order valence-corrected chi connectivity index (χ1v) is 8.68. The fraction of sp³-hybridized carbons (Fsp3) is 0.333. The molecule has 27 heavy (non-hydrogen) atoms. The molecule has 2 nitrogen and oxygen atoms in total. The van der Waals surface area contributed by atoms with Gasteiger partial charge in [0.05, 0.1) is 7.11 Å². The van der Waals surface area contributed by atoms with Gasteiger partial charge in [-0.15, -0.1) is 12.4 Å². The molecule has 0 atom stereocenters. The lowest BCUT2D eigenvalue weighted by atomic mass is 10.0. The Morgan fingerprint density at radius 3 is 2.37 bits per heavy atom. The summed E-state index contributed by atoms with van der Waals surface area (Å²) in [5.41, 5.74) is 2.91. The topological polar surface area (TPSA) is 12.5 Å². The highest BCUT2D eigenvalue weighted by Crippen LogP contribution is 2.31. The Morgan fingerprint density at radius 1 is 1.04 bits per heavy atom. The molecule has 3 rings (SSSR count). The SMILES string of the molecule is COc1ccc(-c2ccccc2)cc1CCN1CC=C(C(F)(F)F)CC1.Cl. The van der Waals surface area contributed by atoms with Crippen molar-refractivity contribution in [3.8, 4) is 16.9 Å². The maximum atomic E-state index is 12.7. The minimum atomic E-state index is -4.20. The number of alkyl halides is 3. The molecule has 1 aliphatic rings.